The number of nitrogens with one attached hydrogen (secondary N) is 1. The largest absolute Gasteiger partial charge is 0.364 e. The molecular formula is C17H25ClN2O2S. The maximum atomic E-state index is 12.2. The van der Waals surface area contributed by atoms with Crippen molar-refractivity contribution in [2.75, 3.05) is 11.9 Å². The van der Waals surface area contributed by atoms with E-state index in [4.69, 9.17) is 10.5 Å². The molecule has 1 aliphatic carbocycles. The lowest BCUT2D eigenvalue weighted by Crippen LogP contribution is -2.29. The fourth-order valence-corrected chi connectivity index (χ4v) is 4.36. The van der Waals surface area contributed by atoms with Gasteiger partial charge in [-0.1, -0.05) is 12.8 Å². The Balaban J connectivity index is 0.00000192. The highest BCUT2D eigenvalue weighted by atomic mass is 35.5. The van der Waals surface area contributed by atoms with Crippen LogP contribution in [0.1, 0.15) is 38.5 Å². The second kappa shape index (κ2) is 8.92. The lowest BCUT2D eigenvalue weighted by Gasteiger charge is -2.13. The molecule has 23 heavy (non-hydrogen) atoms. The van der Waals surface area contributed by atoms with Gasteiger partial charge in [-0.2, -0.15) is 0 Å². The molecule has 2 fully saturated rings. The summed E-state index contributed by atoms with van der Waals surface area (Å²) < 4.78 is 5.62. The van der Waals surface area contributed by atoms with Crippen molar-refractivity contribution in [1.29, 1.82) is 0 Å². The summed E-state index contributed by atoms with van der Waals surface area (Å²) in [5, 5.41) is 3.70. The number of thioether (sulfide) groups is 1. The number of hydrogen-bond donors (Lipinski definition) is 2. The van der Waals surface area contributed by atoms with Crippen molar-refractivity contribution in [2.45, 2.75) is 60.9 Å². The standard InChI is InChI=1S/C17H24N2O2S.ClH/c18-11-13-7-10-16(21-13)17(20)19-12-5-8-15(9-6-12)22-14-3-1-2-4-14;/h5-6,8-9,13-14,16H,1-4,7,10-11,18H2,(H,19,20);1H/t13-,16+;/m1./s1. The van der Waals surface area contributed by atoms with E-state index in [1.807, 2.05) is 23.9 Å². The predicted octanol–water partition coefficient (Wildman–Crippen LogP) is 3.59. The summed E-state index contributed by atoms with van der Waals surface area (Å²) in [5.74, 6) is -0.0628. The van der Waals surface area contributed by atoms with Gasteiger partial charge in [0.15, 0.2) is 0 Å². The third-order valence-corrected chi connectivity index (χ3v) is 5.74. The number of benzene rings is 1. The summed E-state index contributed by atoms with van der Waals surface area (Å²) in [6.07, 6.45) is 6.65. The van der Waals surface area contributed by atoms with Crippen LogP contribution in [0.25, 0.3) is 0 Å². The number of carbonyl (C=O) groups is 1. The fourth-order valence-electron chi connectivity index (χ4n) is 3.11. The van der Waals surface area contributed by atoms with Crippen LogP contribution in [0.5, 0.6) is 0 Å². The van der Waals surface area contributed by atoms with Crippen LogP contribution in [0, 0.1) is 0 Å². The molecule has 0 unspecified atom stereocenters. The summed E-state index contributed by atoms with van der Waals surface area (Å²) in [6, 6.07) is 8.14. The van der Waals surface area contributed by atoms with Crippen LogP contribution in [0.4, 0.5) is 5.69 Å². The first kappa shape index (κ1) is 18.6. The summed E-state index contributed by atoms with van der Waals surface area (Å²) in [6.45, 7) is 0.483. The first-order valence-electron chi connectivity index (χ1n) is 8.17. The molecule has 4 nitrogen and oxygen atoms in total. The van der Waals surface area contributed by atoms with E-state index in [-0.39, 0.29) is 30.5 Å². The molecule has 1 aromatic carbocycles. The molecule has 1 aliphatic heterocycles. The molecule has 0 spiro atoms. The number of carbonyl (C=O) groups excluding carboxylic acids is 1. The Morgan fingerprint density at radius 3 is 2.48 bits per heavy atom. The van der Waals surface area contributed by atoms with Crippen molar-refractivity contribution < 1.29 is 9.53 Å². The average Bonchev–Trinajstić information content (AvgIpc) is 3.20. The zero-order valence-corrected chi connectivity index (χ0v) is 14.8. The Labute approximate surface area is 148 Å². The van der Waals surface area contributed by atoms with E-state index >= 15 is 0 Å². The highest BCUT2D eigenvalue weighted by Crippen LogP contribution is 2.35. The second-order valence-corrected chi connectivity index (χ2v) is 7.47. The Morgan fingerprint density at radius 2 is 1.87 bits per heavy atom. The van der Waals surface area contributed by atoms with Gasteiger partial charge in [0.1, 0.15) is 6.10 Å². The quantitative estimate of drug-likeness (QED) is 0.846. The molecule has 1 heterocycles. The highest BCUT2D eigenvalue weighted by Gasteiger charge is 2.29. The number of halogens is 1. The molecule has 1 saturated carbocycles. The number of rotatable bonds is 5. The zero-order chi connectivity index (χ0) is 15.4. The highest BCUT2D eigenvalue weighted by molar-refractivity contribution is 8.00. The maximum absolute atomic E-state index is 12.2. The van der Waals surface area contributed by atoms with Crippen LogP contribution in [-0.4, -0.2) is 29.9 Å². The number of nitrogens with two attached hydrogens (primary N) is 1. The van der Waals surface area contributed by atoms with Gasteiger partial charge in [0, 0.05) is 22.4 Å². The van der Waals surface area contributed by atoms with Gasteiger partial charge in [-0.25, -0.2) is 0 Å². The molecule has 128 valence electrons. The van der Waals surface area contributed by atoms with E-state index in [1.54, 1.807) is 0 Å². The number of ether oxygens (including phenoxy) is 1. The molecule has 0 aromatic heterocycles. The van der Waals surface area contributed by atoms with Gasteiger partial charge in [-0.15, -0.1) is 24.2 Å². The fraction of sp³-hybridized carbons (Fsp3) is 0.588. The van der Waals surface area contributed by atoms with E-state index in [9.17, 15) is 4.79 Å². The maximum Gasteiger partial charge on any atom is 0.253 e. The zero-order valence-electron chi connectivity index (χ0n) is 13.2. The molecule has 0 bridgehead atoms. The van der Waals surface area contributed by atoms with E-state index in [2.05, 4.69) is 17.4 Å². The van der Waals surface area contributed by atoms with Crippen LogP contribution in [0.2, 0.25) is 0 Å². The third kappa shape index (κ3) is 5.11. The van der Waals surface area contributed by atoms with Gasteiger partial charge in [0.05, 0.1) is 6.10 Å². The normalized spacial score (nSPS) is 24.4. The summed E-state index contributed by atoms with van der Waals surface area (Å²) in [5.41, 5.74) is 6.41. The Bertz CT molecular complexity index is 506. The Hall–Kier alpha value is -0.750. The van der Waals surface area contributed by atoms with Gasteiger partial charge in [0.2, 0.25) is 0 Å². The minimum Gasteiger partial charge on any atom is -0.364 e. The SMILES string of the molecule is Cl.NC[C@H]1CC[C@@H](C(=O)Nc2ccc(SC3CCCC3)cc2)O1. The monoisotopic (exact) mass is 356 g/mol. The molecule has 1 saturated heterocycles. The summed E-state index contributed by atoms with van der Waals surface area (Å²) in [4.78, 5) is 13.4. The van der Waals surface area contributed by atoms with E-state index in [0.29, 0.717) is 6.54 Å². The molecular weight excluding hydrogens is 332 g/mol. The average molecular weight is 357 g/mol. The van der Waals surface area contributed by atoms with Crippen LogP contribution in [0.3, 0.4) is 0 Å². The van der Waals surface area contributed by atoms with Crippen molar-refractivity contribution in [2.24, 2.45) is 5.73 Å². The van der Waals surface area contributed by atoms with Gasteiger partial charge in [-0.3, -0.25) is 4.79 Å². The van der Waals surface area contributed by atoms with Crippen molar-refractivity contribution in [1.82, 2.24) is 0 Å². The number of amides is 1. The minimum atomic E-state index is -0.360. The third-order valence-electron chi connectivity index (χ3n) is 4.39. The van der Waals surface area contributed by atoms with Crippen molar-refractivity contribution in [3.05, 3.63) is 24.3 Å². The van der Waals surface area contributed by atoms with E-state index in [1.165, 1.54) is 30.6 Å². The van der Waals surface area contributed by atoms with Gasteiger partial charge < -0.3 is 15.8 Å². The van der Waals surface area contributed by atoms with Crippen LogP contribution in [-0.2, 0) is 9.53 Å². The minimum absolute atomic E-state index is 0. The van der Waals surface area contributed by atoms with Crippen molar-refractivity contribution in [3.8, 4) is 0 Å². The number of anilines is 1. The molecule has 2 atom stereocenters. The Morgan fingerprint density at radius 1 is 1.17 bits per heavy atom. The van der Waals surface area contributed by atoms with Gasteiger partial charge in [0.25, 0.3) is 5.91 Å². The molecule has 1 aromatic rings. The molecule has 3 N–H and O–H groups in total. The van der Waals surface area contributed by atoms with Gasteiger partial charge in [-0.05, 0) is 49.9 Å². The van der Waals surface area contributed by atoms with Crippen LogP contribution in [0.15, 0.2) is 29.2 Å². The topological polar surface area (TPSA) is 64.4 Å². The smallest absolute Gasteiger partial charge is 0.253 e. The first-order valence-corrected chi connectivity index (χ1v) is 9.05. The Kier molecular flexibility index (Phi) is 7.21. The molecule has 3 rings (SSSR count). The second-order valence-electron chi connectivity index (χ2n) is 6.10. The predicted molar refractivity (Wildman–Crippen MR) is 97.4 cm³/mol. The molecule has 2 aliphatic rings. The molecule has 6 heteroatoms. The molecule has 1 amide bonds. The van der Waals surface area contributed by atoms with Crippen molar-refractivity contribution in [3.63, 3.8) is 0 Å². The lowest BCUT2D eigenvalue weighted by atomic mass is 10.2. The van der Waals surface area contributed by atoms with Crippen molar-refractivity contribution >= 4 is 35.8 Å². The summed E-state index contributed by atoms with van der Waals surface area (Å²) in [7, 11) is 0. The van der Waals surface area contributed by atoms with Crippen LogP contribution < -0.4 is 11.1 Å². The van der Waals surface area contributed by atoms with E-state index < -0.39 is 0 Å². The first-order chi connectivity index (χ1) is 10.7. The van der Waals surface area contributed by atoms with Crippen LogP contribution >= 0.6 is 24.2 Å². The summed E-state index contributed by atoms with van der Waals surface area (Å²) >= 11 is 1.96. The van der Waals surface area contributed by atoms with Gasteiger partial charge >= 0.3 is 0 Å². The lowest BCUT2D eigenvalue weighted by molar-refractivity contribution is -0.126. The number of hydrogen-bond acceptors (Lipinski definition) is 4. The van der Waals surface area contributed by atoms with E-state index in [0.717, 1.165) is 23.8 Å². The molecule has 0 radical (unpaired) electrons.